The van der Waals surface area contributed by atoms with Crippen LogP contribution in [0.3, 0.4) is 0 Å². The third kappa shape index (κ3) is 5.20. The van der Waals surface area contributed by atoms with Crippen LogP contribution in [0.25, 0.3) is 0 Å². The van der Waals surface area contributed by atoms with Crippen molar-refractivity contribution in [2.24, 2.45) is 5.41 Å². The first-order chi connectivity index (χ1) is 13.1. The number of rotatable bonds is 9. The van der Waals surface area contributed by atoms with Gasteiger partial charge in [-0.2, -0.15) is 0 Å². The van der Waals surface area contributed by atoms with Gasteiger partial charge in [-0.05, 0) is 25.3 Å². The van der Waals surface area contributed by atoms with Gasteiger partial charge in [-0.1, -0.05) is 56.5 Å². The Bertz CT molecular complexity index is 680. The van der Waals surface area contributed by atoms with E-state index in [0.29, 0.717) is 0 Å². The molecule has 148 valence electrons. The van der Waals surface area contributed by atoms with Gasteiger partial charge in [0.2, 0.25) is 0 Å². The first-order valence-electron chi connectivity index (χ1n) is 10.4. The maximum atomic E-state index is 6.57. The SMILES string of the molecule is CCCC1(CCC)COC(CCn2ccnc2)(Cc2cccc(C)c2)OC1. The molecule has 0 aliphatic carbocycles. The van der Waals surface area contributed by atoms with Crippen LogP contribution in [0, 0.1) is 12.3 Å². The maximum absolute atomic E-state index is 6.57. The van der Waals surface area contributed by atoms with Gasteiger partial charge in [-0.15, -0.1) is 0 Å². The lowest BCUT2D eigenvalue weighted by Crippen LogP contribution is -2.51. The number of hydrogen-bond donors (Lipinski definition) is 0. The van der Waals surface area contributed by atoms with E-state index in [2.05, 4.69) is 54.6 Å². The molecule has 4 heteroatoms. The van der Waals surface area contributed by atoms with E-state index in [9.17, 15) is 0 Å². The summed E-state index contributed by atoms with van der Waals surface area (Å²) in [6.45, 7) is 9.09. The lowest BCUT2D eigenvalue weighted by molar-refractivity contribution is -0.309. The van der Waals surface area contributed by atoms with Crippen LogP contribution in [0.5, 0.6) is 0 Å². The first-order valence-corrected chi connectivity index (χ1v) is 10.4. The van der Waals surface area contributed by atoms with Crippen LogP contribution < -0.4 is 0 Å². The minimum atomic E-state index is -0.553. The standard InChI is InChI=1S/C23H34N2O2/c1-4-9-22(10-5-2)17-26-23(27-18-22,11-13-25-14-12-24-19-25)16-21-8-6-7-20(3)15-21/h6-8,12,14-15,19H,4-5,9-11,13,16-18H2,1-3H3. The van der Waals surface area contributed by atoms with Gasteiger partial charge in [0.1, 0.15) is 0 Å². The Morgan fingerprint density at radius 1 is 1.07 bits per heavy atom. The number of hydrogen-bond acceptors (Lipinski definition) is 3. The second-order valence-electron chi connectivity index (χ2n) is 8.20. The fraction of sp³-hybridized carbons (Fsp3) is 0.609. The van der Waals surface area contributed by atoms with Crippen LogP contribution in [-0.2, 0) is 22.4 Å². The number of aromatic nitrogens is 2. The van der Waals surface area contributed by atoms with Gasteiger partial charge in [0, 0.05) is 37.2 Å². The summed E-state index contributed by atoms with van der Waals surface area (Å²) < 4.78 is 15.2. The van der Waals surface area contributed by atoms with E-state index in [-0.39, 0.29) is 5.41 Å². The van der Waals surface area contributed by atoms with Gasteiger partial charge in [-0.3, -0.25) is 0 Å². The van der Waals surface area contributed by atoms with Crippen LogP contribution in [0.15, 0.2) is 43.0 Å². The molecule has 2 heterocycles. The van der Waals surface area contributed by atoms with Crippen LogP contribution in [0.2, 0.25) is 0 Å². The molecule has 0 amide bonds. The summed E-state index contributed by atoms with van der Waals surface area (Å²) in [5.74, 6) is -0.553. The van der Waals surface area contributed by atoms with E-state index in [4.69, 9.17) is 9.47 Å². The monoisotopic (exact) mass is 370 g/mol. The predicted molar refractivity (Wildman–Crippen MR) is 109 cm³/mol. The van der Waals surface area contributed by atoms with Crippen LogP contribution in [-0.4, -0.2) is 28.6 Å². The fourth-order valence-electron chi connectivity index (χ4n) is 4.31. The smallest absolute Gasteiger partial charge is 0.174 e. The first kappa shape index (κ1) is 20.1. The summed E-state index contributed by atoms with van der Waals surface area (Å²) in [4.78, 5) is 4.16. The Balaban J connectivity index is 1.76. The normalized spacial score (nSPS) is 18.5. The summed E-state index contributed by atoms with van der Waals surface area (Å²) in [5.41, 5.74) is 2.73. The maximum Gasteiger partial charge on any atom is 0.174 e. The largest absolute Gasteiger partial charge is 0.349 e. The second kappa shape index (κ2) is 9.03. The van der Waals surface area contributed by atoms with Crippen molar-refractivity contribution in [2.45, 2.75) is 71.6 Å². The highest BCUT2D eigenvalue weighted by Crippen LogP contribution is 2.40. The number of nitrogens with zero attached hydrogens (tertiary/aromatic N) is 2. The lowest BCUT2D eigenvalue weighted by atomic mass is 9.79. The number of aryl methyl sites for hydroxylation is 2. The summed E-state index contributed by atoms with van der Waals surface area (Å²) >= 11 is 0. The highest BCUT2D eigenvalue weighted by Gasteiger charge is 2.43. The van der Waals surface area contributed by atoms with Crippen molar-refractivity contribution >= 4 is 0 Å². The molecule has 1 saturated heterocycles. The molecule has 1 aliphatic heterocycles. The third-order valence-electron chi connectivity index (χ3n) is 5.71. The highest BCUT2D eigenvalue weighted by atomic mass is 16.7. The van der Waals surface area contributed by atoms with E-state index in [1.165, 1.54) is 36.8 Å². The summed E-state index contributed by atoms with van der Waals surface area (Å²) in [6.07, 6.45) is 12.0. The molecule has 0 atom stereocenters. The Labute approximate surface area is 163 Å². The molecule has 0 bridgehead atoms. The molecule has 0 saturated carbocycles. The summed E-state index contributed by atoms with van der Waals surface area (Å²) in [7, 11) is 0. The van der Waals surface area contributed by atoms with Gasteiger partial charge in [0.25, 0.3) is 0 Å². The van der Waals surface area contributed by atoms with Crippen molar-refractivity contribution in [2.75, 3.05) is 13.2 Å². The van der Waals surface area contributed by atoms with E-state index >= 15 is 0 Å². The summed E-state index contributed by atoms with van der Waals surface area (Å²) in [5, 5.41) is 0. The van der Waals surface area contributed by atoms with Crippen molar-refractivity contribution in [3.05, 3.63) is 54.1 Å². The molecule has 27 heavy (non-hydrogen) atoms. The van der Waals surface area contributed by atoms with E-state index < -0.39 is 5.79 Å². The van der Waals surface area contributed by atoms with Gasteiger partial charge < -0.3 is 14.0 Å². The molecule has 4 nitrogen and oxygen atoms in total. The lowest BCUT2D eigenvalue weighted by Gasteiger charge is -2.47. The highest BCUT2D eigenvalue weighted by molar-refractivity contribution is 5.23. The van der Waals surface area contributed by atoms with E-state index in [0.717, 1.165) is 32.6 Å². The van der Waals surface area contributed by atoms with Gasteiger partial charge >= 0.3 is 0 Å². The van der Waals surface area contributed by atoms with Gasteiger partial charge in [0.05, 0.1) is 19.5 Å². The van der Waals surface area contributed by atoms with Crippen molar-refractivity contribution < 1.29 is 9.47 Å². The second-order valence-corrected chi connectivity index (χ2v) is 8.20. The molecule has 0 spiro atoms. The molecule has 1 aromatic carbocycles. The third-order valence-corrected chi connectivity index (χ3v) is 5.71. The zero-order chi connectivity index (χ0) is 19.2. The minimum Gasteiger partial charge on any atom is -0.349 e. The molecule has 1 aliphatic rings. The van der Waals surface area contributed by atoms with Crippen LogP contribution >= 0.6 is 0 Å². The molecule has 3 rings (SSSR count). The zero-order valence-electron chi connectivity index (χ0n) is 17.1. The molecule has 0 unspecified atom stereocenters. The molecule has 1 fully saturated rings. The minimum absolute atomic E-state index is 0.175. The molecular weight excluding hydrogens is 336 g/mol. The van der Waals surface area contributed by atoms with Crippen LogP contribution in [0.1, 0.15) is 57.1 Å². The van der Waals surface area contributed by atoms with Crippen molar-refractivity contribution in [1.29, 1.82) is 0 Å². The number of ether oxygens (including phenoxy) is 2. The molecule has 2 aromatic rings. The number of imidazole rings is 1. The van der Waals surface area contributed by atoms with E-state index in [1.807, 2.05) is 18.7 Å². The average molecular weight is 371 g/mol. The van der Waals surface area contributed by atoms with Gasteiger partial charge in [-0.25, -0.2) is 4.98 Å². The molecule has 0 radical (unpaired) electrons. The Morgan fingerprint density at radius 2 is 1.81 bits per heavy atom. The van der Waals surface area contributed by atoms with Gasteiger partial charge in [0.15, 0.2) is 5.79 Å². The molecule has 0 N–H and O–H groups in total. The summed E-state index contributed by atoms with van der Waals surface area (Å²) in [6, 6.07) is 8.68. The van der Waals surface area contributed by atoms with Crippen LogP contribution in [0.4, 0.5) is 0 Å². The quantitative estimate of drug-likeness (QED) is 0.612. The van der Waals surface area contributed by atoms with Crippen molar-refractivity contribution in [3.8, 4) is 0 Å². The Kier molecular flexibility index (Phi) is 6.72. The molecular formula is C23H34N2O2. The molecule has 1 aromatic heterocycles. The Hall–Kier alpha value is -1.65. The van der Waals surface area contributed by atoms with Crippen molar-refractivity contribution in [1.82, 2.24) is 9.55 Å². The van der Waals surface area contributed by atoms with Crippen molar-refractivity contribution in [3.63, 3.8) is 0 Å². The number of benzene rings is 1. The fourth-order valence-corrected chi connectivity index (χ4v) is 4.31. The average Bonchev–Trinajstić information content (AvgIpc) is 3.17. The topological polar surface area (TPSA) is 36.3 Å². The van der Waals surface area contributed by atoms with E-state index in [1.54, 1.807) is 0 Å². The Morgan fingerprint density at radius 3 is 2.41 bits per heavy atom. The zero-order valence-corrected chi connectivity index (χ0v) is 17.1. The predicted octanol–water partition coefficient (Wildman–Crippen LogP) is 5.15.